The van der Waals surface area contributed by atoms with E-state index in [-0.39, 0.29) is 5.37 Å². The normalized spacial score (nSPS) is 24.6. The average molecular weight is 302 g/mol. The molecule has 1 unspecified atom stereocenters. The monoisotopic (exact) mass is 301 g/mol. The second-order valence-electron chi connectivity index (χ2n) is 3.78. The number of hydrogen-bond acceptors (Lipinski definition) is 3. The minimum absolute atomic E-state index is 0.0906. The molecule has 1 aliphatic heterocycles. The molecule has 0 amide bonds. The Morgan fingerprint density at radius 1 is 1.62 bits per heavy atom. The van der Waals surface area contributed by atoms with Gasteiger partial charge in [-0.05, 0) is 24.1 Å². The van der Waals surface area contributed by atoms with Gasteiger partial charge in [0.25, 0.3) is 0 Å². The van der Waals surface area contributed by atoms with Gasteiger partial charge in [-0.15, -0.1) is 11.8 Å². The van der Waals surface area contributed by atoms with Gasteiger partial charge >= 0.3 is 5.97 Å². The first-order chi connectivity index (χ1) is 7.58. The Bertz CT molecular complexity index is 424. The Kier molecular flexibility index (Phi) is 3.56. The van der Waals surface area contributed by atoms with E-state index in [0.717, 1.165) is 10.0 Å². The van der Waals surface area contributed by atoms with E-state index < -0.39 is 12.0 Å². The lowest BCUT2D eigenvalue weighted by Crippen LogP contribution is -2.33. The Labute approximate surface area is 107 Å². The molecule has 0 bridgehead atoms. The molecule has 0 aromatic heterocycles. The quantitative estimate of drug-likeness (QED) is 0.881. The van der Waals surface area contributed by atoms with Crippen LogP contribution in [0.1, 0.15) is 16.5 Å². The summed E-state index contributed by atoms with van der Waals surface area (Å²) in [5.41, 5.74) is 2.30. The van der Waals surface area contributed by atoms with Gasteiger partial charge in [0.2, 0.25) is 0 Å². The molecule has 0 spiro atoms. The molecule has 1 saturated heterocycles. The molecule has 2 rings (SSSR count). The standard InChI is InChI=1S/C11H12BrNO2S/c1-6-4-7(2-3-8(6)12)10-13-9(5-16-10)11(14)15/h2-4,9-10,13H,5H2,1H3,(H,14,15)/t9-,10?/m1/s1. The molecule has 3 nitrogen and oxygen atoms in total. The summed E-state index contributed by atoms with van der Waals surface area (Å²) in [5.74, 6) is -0.154. The first-order valence-corrected chi connectivity index (χ1v) is 6.78. The average Bonchev–Trinajstić information content (AvgIpc) is 2.71. The highest BCUT2D eigenvalue weighted by Crippen LogP contribution is 2.34. The third-order valence-corrected chi connectivity index (χ3v) is 4.72. The maximum Gasteiger partial charge on any atom is 0.321 e. The van der Waals surface area contributed by atoms with Gasteiger partial charge in [0.05, 0.1) is 5.37 Å². The Morgan fingerprint density at radius 3 is 2.94 bits per heavy atom. The fourth-order valence-electron chi connectivity index (χ4n) is 1.64. The van der Waals surface area contributed by atoms with Crippen LogP contribution in [0.25, 0.3) is 0 Å². The fraction of sp³-hybridized carbons (Fsp3) is 0.364. The highest BCUT2D eigenvalue weighted by molar-refractivity contribution is 9.10. The molecule has 1 aromatic carbocycles. The van der Waals surface area contributed by atoms with Gasteiger partial charge in [-0.25, -0.2) is 0 Å². The maximum absolute atomic E-state index is 10.8. The third-order valence-electron chi connectivity index (χ3n) is 2.56. The first-order valence-electron chi connectivity index (χ1n) is 4.94. The van der Waals surface area contributed by atoms with Crippen molar-refractivity contribution < 1.29 is 9.90 Å². The van der Waals surface area contributed by atoms with Crippen LogP contribution in [0.2, 0.25) is 0 Å². The molecule has 0 saturated carbocycles. The van der Waals surface area contributed by atoms with Crippen molar-refractivity contribution in [2.45, 2.75) is 18.3 Å². The minimum atomic E-state index is -0.774. The second kappa shape index (κ2) is 4.77. The molecular weight excluding hydrogens is 290 g/mol. The molecule has 5 heteroatoms. The van der Waals surface area contributed by atoms with Gasteiger partial charge in [-0.3, -0.25) is 10.1 Å². The molecule has 86 valence electrons. The number of benzene rings is 1. The molecule has 16 heavy (non-hydrogen) atoms. The van der Waals surface area contributed by atoms with Crippen LogP contribution in [0, 0.1) is 6.92 Å². The number of carboxylic acids is 1. The highest BCUT2D eigenvalue weighted by Gasteiger charge is 2.30. The minimum Gasteiger partial charge on any atom is -0.480 e. The van der Waals surface area contributed by atoms with Crippen LogP contribution < -0.4 is 5.32 Å². The van der Waals surface area contributed by atoms with Gasteiger partial charge in [-0.1, -0.05) is 28.1 Å². The lowest BCUT2D eigenvalue weighted by atomic mass is 10.1. The number of aryl methyl sites for hydroxylation is 1. The Morgan fingerprint density at radius 2 is 2.38 bits per heavy atom. The predicted octanol–water partition coefficient (Wildman–Crippen LogP) is 2.55. The number of nitrogens with one attached hydrogen (secondary N) is 1. The molecule has 2 atom stereocenters. The molecule has 1 aliphatic rings. The van der Waals surface area contributed by atoms with Gasteiger partial charge in [-0.2, -0.15) is 0 Å². The number of carboxylic acid groups (broad SMARTS) is 1. The van der Waals surface area contributed by atoms with Gasteiger partial charge in [0.1, 0.15) is 6.04 Å². The number of halogens is 1. The van der Waals surface area contributed by atoms with Crippen LogP contribution in [-0.2, 0) is 4.79 Å². The zero-order chi connectivity index (χ0) is 11.7. The molecule has 1 aromatic rings. The van der Waals surface area contributed by atoms with E-state index in [9.17, 15) is 4.79 Å². The maximum atomic E-state index is 10.8. The molecule has 0 radical (unpaired) electrons. The van der Waals surface area contributed by atoms with Crippen molar-refractivity contribution in [3.8, 4) is 0 Å². The summed E-state index contributed by atoms with van der Waals surface area (Å²) < 4.78 is 1.08. The van der Waals surface area contributed by atoms with E-state index in [1.807, 2.05) is 19.1 Å². The summed E-state index contributed by atoms with van der Waals surface area (Å²) >= 11 is 5.09. The van der Waals surface area contributed by atoms with E-state index in [4.69, 9.17) is 5.11 Å². The van der Waals surface area contributed by atoms with E-state index in [2.05, 4.69) is 27.3 Å². The van der Waals surface area contributed by atoms with E-state index in [0.29, 0.717) is 5.75 Å². The fourth-order valence-corrected chi connectivity index (χ4v) is 3.11. The van der Waals surface area contributed by atoms with E-state index in [1.165, 1.54) is 5.56 Å². The van der Waals surface area contributed by atoms with Crippen molar-refractivity contribution in [3.05, 3.63) is 33.8 Å². The van der Waals surface area contributed by atoms with Crippen molar-refractivity contribution in [3.63, 3.8) is 0 Å². The first kappa shape index (κ1) is 12.0. The Hall–Kier alpha value is -0.520. The van der Waals surface area contributed by atoms with Crippen LogP contribution in [0.15, 0.2) is 22.7 Å². The van der Waals surface area contributed by atoms with Gasteiger partial charge in [0, 0.05) is 10.2 Å². The summed E-state index contributed by atoms with van der Waals surface area (Å²) in [5, 5.41) is 12.1. The number of thioether (sulfide) groups is 1. The number of rotatable bonds is 2. The summed E-state index contributed by atoms with van der Waals surface area (Å²) in [4.78, 5) is 10.8. The molecule has 1 fully saturated rings. The lowest BCUT2D eigenvalue weighted by Gasteiger charge is -2.12. The van der Waals surface area contributed by atoms with E-state index >= 15 is 0 Å². The summed E-state index contributed by atoms with van der Waals surface area (Å²) in [6, 6.07) is 5.67. The van der Waals surface area contributed by atoms with Gasteiger partial charge in [0.15, 0.2) is 0 Å². The van der Waals surface area contributed by atoms with Crippen LogP contribution >= 0.6 is 27.7 Å². The van der Waals surface area contributed by atoms with Crippen LogP contribution in [0.4, 0.5) is 0 Å². The summed E-state index contributed by atoms with van der Waals surface area (Å²) in [6.45, 7) is 2.03. The van der Waals surface area contributed by atoms with Crippen LogP contribution in [-0.4, -0.2) is 22.9 Å². The Balaban J connectivity index is 2.14. The SMILES string of the molecule is Cc1cc(C2N[C@@H](C(=O)O)CS2)ccc1Br. The molecular formula is C11H12BrNO2S. The molecule has 1 heterocycles. The summed E-state index contributed by atoms with van der Waals surface area (Å²) in [7, 11) is 0. The molecule has 0 aliphatic carbocycles. The number of aliphatic carboxylic acids is 1. The lowest BCUT2D eigenvalue weighted by molar-refractivity contribution is -0.138. The zero-order valence-electron chi connectivity index (χ0n) is 8.74. The van der Waals surface area contributed by atoms with Gasteiger partial charge < -0.3 is 5.11 Å². The highest BCUT2D eigenvalue weighted by atomic mass is 79.9. The van der Waals surface area contributed by atoms with Crippen molar-refractivity contribution >= 4 is 33.7 Å². The van der Waals surface area contributed by atoms with Crippen LogP contribution in [0.3, 0.4) is 0 Å². The largest absolute Gasteiger partial charge is 0.480 e. The van der Waals surface area contributed by atoms with Crippen LogP contribution in [0.5, 0.6) is 0 Å². The number of carbonyl (C=O) groups is 1. The topological polar surface area (TPSA) is 49.3 Å². The second-order valence-corrected chi connectivity index (χ2v) is 5.77. The zero-order valence-corrected chi connectivity index (χ0v) is 11.1. The van der Waals surface area contributed by atoms with Crippen molar-refractivity contribution in [2.75, 3.05) is 5.75 Å². The smallest absolute Gasteiger partial charge is 0.321 e. The van der Waals surface area contributed by atoms with Crippen molar-refractivity contribution in [1.29, 1.82) is 0 Å². The number of hydrogen-bond donors (Lipinski definition) is 2. The summed E-state index contributed by atoms with van der Waals surface area (Å²) in [6.07, 6.45) is 0. The van der Waals surface area contributed by atoms with Crippen molar-refractivity contribution in [2.24, 2.45) is 0 Å². The van der Waals surface area contributed by atoms with E-state index in [1.54, 1.807) is 11.8 Å². The van der Waals surface area contributed by atoms with Crippen molar-refractivity contribution in [1.82, 2.24) is 5.32 Å². The predicted molar refractivity (Wildman–Crippen MR) is 68.6 cm³/mol. The molecule has 2 N–H and O–H groups in total. The third kappa shape index (κ3) is 2.42.